The summed E-state index contributed by atoms with van der Waals surface area (Å²) in [7, 11) is -4.10. The van der Waals surface area contributed by atoms with Gasteiger partial charge in [-0.3, -0.25) is 9.69 Å². The molecule has 1 heterocycles. The number of amides is 1. The molecule has 0 saturated carbocycles. The summed E-state index contributed by atoms with van der Waals surface area (Å²) >= 11 is 0. The summed E-state index contributed by atoms with van der Waals surface area (Å²) in [5, 5.41) is 5.44. The van der Waals surface area contributed by atoms with Crippen LogP contribution in [0.5, 0.6) is 0 Å². The average Bonchev–Trinajstić information content (AvgIpc) is 2.54. The van der Waals surface area contributed by atoms with Gasteiger partial charge in [-0.2, -0.15) is 13.2 Å². The maximum Gasteiger partial charge on any atom is 0.405 e. The molecule has 7 nitrogen and oxygen atoms in total. The minimum Gasteiger partial charge on any atom is -0.326 e. The van der Waals surface area contributed by atoms with Crippen molar-refractivity contribution in [2.24, 2.45) is 0 Å². The van der Waals surface area contributed by atoms with E-state index in [9.17, 15) is 26.4 Å². The quantitative estimate of drug-likeness (QED) is 0.663. The molecule has 0 aromatic heterocycles. The Morgan fingerprint density at radius 2 is 1.81 bits per heavy atom. The Morgan fingerprint density at radius 3 is 2.31 bits per heavy atom. The fourth-order valence-corrected chi connectivity index (χ4v) is 3.68. The Bertz CT molecular complexity index is 717. The van der Waals surface area contributed by atoms with E-state index in [4.69, 9.17) is 0 Å². The van der Waals surface area contributed by atoms with E-state index in [0.29, 0.717) is 18.8 Å². The lowest BCUT2D eigenvalue weighted by molar-refractivity contribution is -0.182. The predicted molar refractivity (Wildman–Crippen MR) is 90.2 cm³/mol. The lowest BCUT2D eigenvalue weighted by Crippen LogP contribution is -2.57. The zero-order chi connectivity index (χ0) is 19.4. The zero-order valence-corrected chi connectivity index (χ0v) is 15.0. The molecule has 1 atom stereocenters. The van der Waals surface area contributed by atoms with Crippen molar-refractivity contribution in [1.82, 2.24) is 14.9 Å². The lowest BCUT2D eigenvalue weighted by atomic mass is 10.2. The molecule has 1 amide bonds. The van der Waals surface area contributed by atoms with Gasteiger partial charge in [-0.05, 0) is 24.3 Å². The van der Waals surface area contributed by atoms with Crippen LogP contribution in [0.3, 0.4) is 0 Å². The molecule has 1 aliphatic rings. The molecule has 146 valence electrons. The maximum atomic E-state index is 13.3. The summed E-state index contributed by atoms with van der Waals surface area (Å²) < 4.78 is 66.6. The molecule has 0 radical (unpaired) electrons. The van der Waals surface area contributed by atoms with Crippen molar-refractivity contribution < 1.29 is 26.4 Å². The van der Waals surface area contributed by atoms with Crippen molar-refractivity contribution in [1.29, 1.82) is 0 Å². The van der Waals surface area contributed by atoms with E-state index in [1.54, 1.807) is 0 Å². The fourth-order valence-electron chi connectivity index (χ4n) is 2.64. The molecule has 26 heavy (non-hydrogen) atoms. The Morgan fingerprint density at radius 1 is 1.23 bits per heavy atom. The van der Waals surface area contributed by atoms with E-state index in [2.05, 4.69) is 10.6 Å². The van der Waals surface area contributed by atoms with Crippen LogP contribution in [0.2, 0.25) is 0 Å². The van der Waals surface area contributed by atoms with Crippen molar-refractivity contribution in [3.05, 3.63) is 24.3 Å². The second-order valence-corrected chi connectivity index (χ2v) is 7.67. The number of alkyl halides is 3. The number of hydrogen-bond donors (Lipinski definition) is 3. The molecule has 1 aromatic carbocycles. The maximum absolute atomic E-state index is 13.3. The Kier molecular flexibility index (Phi) is 6.61. The number of nitrogens with zero attached hydrogens (tertiary/aromatic N) is 1. The van der Waals surface area contributed by atoms with Gasteiger partial charge in [-0.25, -0.2) is 13.1 Å². The summed E-state index contributed by atoms with van der Waals surface area (Å²) in [6, 6.07) is 3.29. The molecule has 0 bridgehead atoms. The van der Waals surface area contributed by atoms with Crippen molar-refractivity contribution >= 4 is 21.6 Å². The lowest BCUT2D eigenvalue weighted by Gasteiger charge is -2.35. The fraction of sp³-hybridized carbons (Fsp3) is 0.533. The zero-order valence-electron chi connectivity index (χ0n) is 14.1. The van der Waals surface area contributed by atoms with Crippen LogP contribution >= 0.6 is 0 Å². The molecule has 0 aliphatic carbocycles. The van der Waals surface area contributed by atoms with Crippen LogP contribution in [-0.2, 0) is 14.8 Å². The number of halogens is 3. The van der Waals surface area contributed by atoms with Gasteiger partial charge in [0.15, 0.2) is 0 Å². The van der Waals surface area contributed by atoms with Gasteiger partial charge in [0.2, 0.25) is 15.9 Å². The number of nitrogens with one attached hydrogen (secondary N) is 3. The summed E-state index contributed by atoms with van der Waals surface area (Å²) in [4.78, 5) is 12.0. The van der Waals surface area contributed by atoms with E-state index in [-0.39, 0.29) is 23.9 Å². The first-order valence-corrected chi connectivity index (χ1v) is 9.47. The van der Waals surface area contributed by atoms with Crippen molar-refractivity contribution in [2.75, 3.05) is 38.0 Å². The van der Waals surface area contributed by atoms with Crippen molar-refractivity contribution in [2.45, 2.75) is 24.0 Å². The van der Waals surface area contributed by atoms with Gasteiger partial charge in [-0.15, -0.1) is 0 Å². The highest BCUT2D eigenvalue weighted by Gasteiger charge is 2.44. The third kappa shape index (κ3) is 5.66. The highest BCUT2D eigenvalue weighted by molar-refractivity contribution is 7.89. The number of sulfonamides is 1. The minimum atomic E-state index is -4.55. The molecule has 0 spiro atoms. The predicted octanol–water partition coefficient (Wildman–Crippen LogP) is 0.759. The van der Waals surface area contributed by atoms with Gasteiger partial charge in [0.1, 0.15) is 6.04 Å². The van der Waals surface area contributed by atoms with Crippen LogP contribution < -0.4 is 15.4 Å². The number of hydrogen-bond acceptors (Lipinski definition) is 5. The van der Waals surface area contributed by atoms with Crippen molar-refractivity contribution in [3.8, 4) is 0 Å². The van der Waals surface area contributed by atoms with Crippen LogP contribution in [0.4, 0.5) is 18.9 Å². The normalized spacial score (nSPS) is 17.7. The van der Waals surface area contributed by atoms with E-state index >= 15 is 0 Å². The Hall–Kier alpha value is -1.69. The van der Waals surface area contributed by atoms with Gasteiger partial charge in [-0.1, -0.05) is 0 Å². The topological polar surface area (TPSA) is 90.5 Å². The van der Waals surface area contributed by atoms with Gasteiger partial charge in [0.25, 0.3) is 0 Å². The molecule has 11 heteroatoms. The minimum absolute atomic E-state index is 0.173. The van der Waals surface area contributed by atoms with Gasteiger partial charge in [0, 0.05) is 45.3 Å². The van der Waals surface area contributed by atoms with Crippen LogP contribution in [0, 0.1) is 0 Å². The van der Waals surface area contributed by atoms with Gasteiger partial charge < -0.3 is 10.6 Å². The number of carbonyl (C=O) groups excluding carboxylic acids is 1. The van der Waals surface area contributed by atoms with Gasteiger partial charge in [0.05, 0.1) is 4.90 Å². The SMILES string of the molecule is CC(=O)Nc1ccc(S(=O)(=O)NCC(N2CCNCC2)C(F)(F)F)cc1. The second kappa shape index (κ2) is 8.33. The largest absolute Gasteiger partial charge is 0.405 e. The first-order chi connectivity index (χ1) is 12.1. The number of benzene rings is 1. The van der Waals surface area contributed by atoms with E-state index in [1.165, 1.54) is 36.1 Å². The molecule has 2 rings (SSSR count). The van der Waals surface area contributed by atoms with E-state index in [1.807, 2.05) is 4.72 Å². The molecule has 1 aromatic rings. The molecule has 1 aliphatic heterocycles. The van der Waals surface area contributed by atoms with E-state index < -0.39 is 28.8 Å². The van der Waals surface area contributed by atoms with Crippen LogP contribution in [0.1, 0.15) is 6.92 Å². The summed E-state index contributed by atoms with van der Waals surface area (Å²) in [5.74, 6) is -0.317. The third-order valence-electron chi connectivity index (χ3n) is 3.92. The summed E-state index contributed by atoms with van der Waals surface area (Å²) in [6.45, 7) is 1.77. The molecular formula is C15H21F3N4O3S. The molecule has 3 N–H and O–H groups in total. The monoisotopic (exact) mass is 394 g/mol. The third-order valence-corrected chi connectivity index (χ3v) is 5.36. The first kappa shape index (κ1) is 20.6. The van der Waals surface area contributed by atoms with Crippen LogP contribution in [-0.4, -0.2) is 64.2 Å². The highest BCUT2D eigenvalue weighted by atomic mass is 32.2. The van der Waals surface area contributed by atoms with E-state index in [0.717, 1.165) is 0 Å². The van der Waals surface area contributed by atoms with Gasteiger partial charge >= 0.3 is 6.18 Å². The summed E-state index contributed by atoms with van der Waals surface area (Å²) in [6.07, 6.45) is -4.55. The average molecular weight is 394 g/mol. The second-order valence-electron chi connectivity index (χ2n) is 5.90. The van der Waals surface area contributed by atoms with Crippen LogP contribution in [0.25, 0.3) is 0 Å². The molecule has 1 saturated heterocycles. The molecule has 1 unspecified atom stereocenters. The Balaban J connectivity index is 2.07. The van der Waals surface area contributed by atoms with Crippen molar-refractivity contribution in [3.63, 3.8) is 0 Å². The highest BCUT2D eigenvalue weighted by Crippen LogP contribution is 2.25. The number of piperazine rings is 1. The molecule has 1 fully saturated rings. The first-order valence-electron chi connectivity index (χ1n) is 7.98. The standard InChI is InChI=1S/C15H21F3N4O3S/c1-11(23)21-12-2-4-13(5-3-12)26(24,25)20-10-14(15(16,17)18)22-8-6-19-7-9-22/h2-5,14,19-20H,6-10H2,1H3,(H,21,23). The Labute approximate surface area is 150 Å². The number of rotatable bonds is 6. The van der Waals surface area contributed by atoms with Crippen LogP contribution in [0.15, 0.2) is 29.2 Å². The molecular weight excluding hydrogens is 373 g/mol. The summed E-state index contributed by atoms with van der Waals surface area (Å²) in [5.41, 5.74) is 0.394. The number of anilines is 1. The number of carbonyl (C=O) groups is 1. The smallest absolute Gasteiger partial charge is 0.326 e.